The van der Waals surface area contributed by atoms with E-state index in [1.165, 1.54) is 0 Å². The van der Waals surface area contributed by atoms with E-state index in [9.17, 15) is 5.11 Å². The fourth-order valence-electron chi connectivity index (χ4n) is 3.27. The second kappa shape index (κ2) is 7.54. The van der Waals surface area contributed by atoms with Crippen LogP contribution in [0.5, 0.6) is 0 Å². The molecule has 0 aliphatic heterocycles. The molecular formula is C21H22N4O. The average Bonchev–Trinajstić information content (AvgIpc) is 3.08. The Hall–Kier alpha value is -2.92. The molecule has 1 aromatic heterocycles. The lowest BCUT2D eigenvalue weighted by atomic mass is 10.2. The van der Waals surface area contributed by atoms with Crippen LogP contribution < -0.4 is 10.6 Å². The number of para-hydroxylation sites is 1. The van der Waals surface area contributed by atoms with Gasteiger partial charge in [0.2, 0.25) is 0 Å². The van der Waals surface area contributed by atoms with Crippen LogP contribution in [0.15, 0.2) is 66.7 Å². The lowest BCUT2D eigenvalue weighted by molar-refractivity contribution is 0.171. The Balaban J connectivity index is 1.67. The number of nitrogens with one attached hydrogen (secondary N) is 2. The molecule has 132 valence electrons. The Kier molecular flexibility index (Phi) is 4.80. The summed E-state index contributed by atoms with van der Waals surface area (Å²) in [5.41, 5.74) is 1.93. The molecule has 0 saturated heterocycles. The molecule has 3 aromatic rings. The predicted octanol–water partition coefficient (Wildman–Crippen LogP) is 4.21. The monoisotopic (exact) mass is 346 g/mol. The number of aliphatic hydroxyl groups is 1. The smallest absolute Gasteiger partial charge is 0.163 e. The minimum absolute atomic E-state index is 0.0399. The van der Waals surface area contributed by atoms with E-state index in [1.807, 2.05) is 66.7 Å². The summed E-state index contributed by atoms with van der Waals surface area (Å²) in [4.78, 5) is 9.34. The van der Waals surface area contributed by atoms with Crippen LogP contribution in [0.25, 0.3) is 11.4 Å². The van der Waals surface area contributed by atoms with Gasteiger partial charge in [0.25, 0.3) is 0 Å². The van der Waals surface area contributed by atoms with Crippen LogP contribution in [0, 0.1) is 0 Å². The molecule has 2 atom stereocenters. The van der Waals surface area contributed by atoms with E-state index >= 15 is 0 Å². The second-order valence-corrected chi connectivity index (χ2v) is 6.57. The van der Waals surface area contributed by atoms with Gasteiger partial charge in [-0.3, -0.25) is 0 Å². The van der Waals surface area contributed by atoms with Crippen molar-refractivity contribution in [2.45, 2.75) is 31.4 Å². The SMILES string of the molecule is O[C@H]1CCC[C@H]1Nc1cc(Nc2ccccc2)nc(-c2ccccc2)n1. The molecule has 0 radical (unpaired) electrons. The molecule has 2 aromatic carbocycles. The third kappa shape index (κ3) is 3.83. The molecule has 5 heteroatoms. The first-order chi connectivity index (χ1) is 12.8. The fourth-order valence-corrected chi connectivity index (χ4v) is 3.27. The van der Waals surface area contributed by atoms with Crippen molar-refractivity contribution in [1.82, 2.24) is 9.97 Å². The van der Waals surface area contributed by atoms with Crippen molar-refractivity contribution in [2.24, 2.45) is 0 Å². The molecule has 0 unspecified atom stereocenters. The van der Waals surface area contributed by atoms with Gasteiger partial charge in [-0.1, -0.05) is 48.5 Å². The topological polar surface area (TPSA) is 70.1 Å². The normalized spacial score (nSPS) is 19.3. The Morgan fingerprint density at radius 1 is 0.846 bits per heavy atom. The van der Waals surface area contributed by atoms with E-state index in [1.54, 1.807) is 0 Å². The molecule has 5 nitrogen and oxygen atoms in total. The van der Waals surface area contributed by atoms with Crippen molar-refractivity contribution >= 4 is 17.3 Å². The maximum Gasteiger partial charge on any atom is 0.163 e. The first kappa shape index (κ1) is 16.5. The third-order valence-electron chi connectivity index (χ3n) is 4.62. The molecular weight excluding hydrogens is 324 g/mol. The molecule has 1 heterocycles. The Morgan fingerprint density at radius 3 is 2.23 bits per heavy atom. The van der Waals surface area contributed by atoms with Crippen molar-refractivity contribution in [3.8, 4) is 11.4 Å². The summed E-state index contributed by atoms with van der Waals surface area (Å²) in [6.07, 6.45) is 2.50. The van der Waals surface area contributed by atoms with Crippen molar-refractivity contribution in [1.29, 1.82) is 0 Å². The maximum atomic E-state index is 10.1. The minimum atomic E-state index is -0.323. The van der Waals surface area contributed by atoms with Gasteiger partial charge in [0.15, 0.2) is 5.82 Å². The molecule has 0 amide bonds. The molecule has 1 aliphatic rings. The summed E-state index contributed by atoms with van der Waals surface area (Å²) < 4.78 is 0. The molecule has 1 aliphatic carbocycles. The number of aromatic nitrogens is 2. The van der Waals surface area contributed by atoms with Crippen LogP contribution in [-0.4, -0.2) is 27.2 Å². The number of aliphatic hydroxyl groups excluding tert-OH is 1. The predicted molar refractivity (Wildman–Crippen MR) is 104 cm³/mol. The molecule has 1 fully saturated rings. The van der Waals surface area contributed by atoms with Crippen molar-refractivity contribution in [2.75, 3.05) is 10.6 Å². The average molecular weight is 346 g/mol. The summed E-state index contributed by atoms with van der Waals surface area (Å²) >= 11 is 0. The van der Waals surface area contributed by atoms with Gasteiger partial charge < -0.3 is 15.7 Å². The summed E-state index contributed by atoms with van der Waals surface area (Å²) in [6, 6.07) is 21.8. The molecule has 0 bridgehead atoms. The number of benzene rings is 2. The lowest BCUT2D eigenvalue weighted by Crippen LogP contribution is -2.28. The number of anilines is 3. The number of rotatable bonds is 5. The van der Waals surface area contributed by atoms with Gasteiger partial charge in [0, 0.05) is 17.3 Å². The van der Waals surface area contributed by atoms with Gasteiger partial charge in [0.05, 0.1) is 12.1 Å². The highest BCUT2D eigenvalue weighted by Crippen LogP contribution is 2.26. The zero-order chi connectivity index (χ0) is 17.8. The molecule has 4 rings (SSSR count). The van der Waals surface area contributed by atoms with Crippen molar-refractivity contribution in [3.05, 3.63) is 66.7 Å². The van der Waals surface area contributed by atoms with Crippen LogP contribution in [0.2, 0.25) is 0 Å². The number of hydrogen-bond donors (Lipinski definition) is 3. The third-order valence-corrected chi connectivity index (χ3v) is 4.62. The van der Waals surface area contributed by atoms with Crippen molar-refractivity contribution < 1.29 is 5.11 Å². The summed E-state index contributed by atoms with van der Waals surface area (Å²) in [6.45, 7) is 0. The van der Waals surface area contributed by atoms with Gasteiger partial charge in [-0.25, -0.2) is 9.97 Å². The van der Waals surface area contributed by atoms with Crippen LogP contribution in [0.4, 0.5) is 17.3 Å². The Bertz CT molecular complexity index is 854. The van der Waals surface area contributed by atoms with Gasteiger partial charge in [-0.2, -0.15) is 0 Å². The Labute approximate surface area is 153 Å². The summed E-state index contributed by atoms with van der Waals surface area (Å²) in [7, 11) is 0. The molecule has 26 heavy (non-hydrogen) atoms. The van der Waals surface area contributed by atoms with E-state index in [4.69, 9.17) is 0 Å². The van der Waals surface area contributed by atoms with E-state index in [0.717, 1.165) is 42.1 Å². The van der Waals surface area contributed by atoms with Gasteiger partial charge >= 0.3 is 0 Å². The van der Waals surface area contributed by atoms with Crippen LogP contribution in [-0.2, 0) is 0 Å². The van der Waals surface area contributed by atoms with Crippen molar-refractivity contribution in [3.63, 3.8) is 0 Å². The second-order valence-electron chi connectivity index (χ2n) is 6.57. The minimum Gasteiger partial charge on any atom is -0.391 e. The highest BCUT2D eigenvalue weighted by molar-refractivity contribution is 5.65. The molecule has 0 spiro atoms. The van der Waals surface area contributed by atoms with Gasteiger partial charge in [0.1, 0.15) is 11.6 Å². The fraction of sp³-hybridized carbons (Fsp3) is 0.238. The maximum absolute atomic E-state index is 10.1. The summed E-state index contributed by atoms with van der Waals surface area (Å²) in [5, 5.41) is 16.8. The molecule has 3 N–H and O–H groups in total. The highest BCUT2D eigenvalue weighted by atomic mass is 16.3. The standard InChI is InChI=1S/C21H22N4O/c26-18-13-7-12-17(18)23-20-14-19(22-16-10-5-2-6-11-16)24-21(25-20)15-8-3-1-4-9-15/h1-6,8-11,14,17-18,26H,7,12-13H2,(H2,22,23,24,25)/t17-,18+/m1/s1. The van der Waals surface area contributed by atoms with E-state index in [2.05, 4.69) is 20.6 Å². The Morgan fingerprint density at radius 2 is 1.54 bits per heavy atom. The van der Waals surface area contributed by atoms with E-state index in [0.29, 0.717) is 5.82 Å². The number of nitrogens with zero attached hydrogens (tertiary/aromatic N) is 2. The largest absolute Gasteiger partial charge is 0.391 e. The van der Waals surface area contributed by atoms with Crippen LogP contribution in [0.3, 0.4) is 0 Å². The highest BCUT2D eigenvalue weighted by Gasteiger charge is 2.25. The van der Waals surface area contributed by atoms with E-state index < -0.39 is 0 Å². The summed E-state index contributed by atoms with van der Waals surface area (Å²) in [5.74, 6) is 2.10. The lowest BCUT2D eigenvalue weighted by Gasteiger charge is -2.18. The zero-order valence-corrected chi connectivity index (χ0v) is 14.5. The zero-order valence-electron chi connectivity index (χ0n) is 14.5. The van der Waals surface area contributed by atoms with Gasteiger partial charge in [-0.15, -0.1) is 0 Å². The quantitative estimate of drug-likeness (QED) is 0.645. The first-order valence-electron chi connectivity index (χ1n) is 8.99. The van der Waals surface area contributed by atoms with Gasteiger partial charge in [-0.05, 0) is 31.4 Å². The van der Waals surface area contributed by atoms with Crippen LogP contribution in [0.1, 0.15) is 19.3 Å². The van der Waals surface area contributed by atoms with Crippen LogP contribution >= 0.6 is 0 Å². The number of hydrogen-bond acceptors (Lipinski definition) is 5. The first-order valence-corrected chi connectivity index (χ1v) is 8.99. The molecule has 1 saturated carbocycles. The van der Waals surface area contributed by atoms with E-state index in [-0.39, 0.29) is 12.1 Å².